The van der Waals surface area contributed by atoms with Crippen LogP contribution in [0.3, 0.4) is 0 Å². The van der Waals surface area contributed by atoms with E-state index < -0.39 is 0 Å². The summed E-state index contributed by atoms with van der Waals surface area (Å²) < 4.78 is 5.07. The van der Waals surface area contributed by atoms with Gasteiger partial charge in [0.05, 0.1) is 6.61 Å². The highest BCUT2D eigenvalue weighted by molar-refractivity contribution is 5.86. The molecule has 0 aliphatic heterocycles. The van der Waals surface area contributed by atoms with Crippen molar-refractivity contribution in [2.75, 3.05) is 6.61 Å². The average molecular weight is 266 g/mol. The van der Waals surface area contributed by atoms with Gasteiger partial charge in [0.15, 0.2) is 0 Å². The first-order valence-electron chi connectivity index (χ1n) is 8.03. The summed E-state index contributed by atoms with van der Waals surface area (Å²) in [7, 11) is 0. The maximum atomic E-state index is 11.1. The van der Waals surface area contributed by atoms with Gasteiger partial charge >= 0.3 is 5.97 Å². The molecule has 0 aromatic heterocycles. The Morgan fingerprint density at radius 3 is 2.37 bits per heavy atom. The van der Waals surface area contributed by atoms with Crippen LogP contribution in [0.5, 0.6) is 0 Å². The molecule has 0 amide bonds. The van der Waals surface area contributed by atoms with Gasteiger partial charge < -0.3 is 4.74 Å². The summed E-state index contributed by atoms with van der Waals surface area (Å²) in [6.07, 6.45) is 14.9. The fraction of sp³-hybridized carbons (Fsp3) is 0.824. The average Bonchev–Trinajstić information content (AvgIpc) is 2.42. The van der Waals surface area contributed by atoms with Crippen LogP contribution in [-0.2, 0) is 9.53 Å². The third kappa shape index (κ3) is 8.07. The first-order valence-corrected chi connectivity index (χ1v) is 8.03. The van der Waals surface area contributed by atoms with Gasteiger partial charge in [-0.15, -0.1) is 0 Å². The second-order valence-corrected chi connectivity index (χ2v) is 5.98. The highest BCUT2D eigenvalue weighted by atomic mass is 16.5. The number of rotatable bonds is 9. The summed E-state index contributed by atoms with van der Waals surface area (Å²) >= 11 is 0. The van der Waals surface area contributed by atoms with Crippen LogP contribution in [-0.4, -0.2) is 12.6 Å². The zero-order chi connectivity index (χ0) is 13.9. The van der Waals surface area contributed by atoms with Gasteiger partial charge in [0.1, 0.15) is 0 Å². The number of esters is 1. The number of hydrogen-bond acceptors (Lipinski definition) is 2. The lowest BCUT2D eigenvalue weighted by molar-refractivity contribution is -0.139. The summed E-state index contributed by atoms with van der Waals surface area (Å²) in [6.45, 7) is 5.80. The van der Waals surface area contributed by atoms with E-state index in [1.807, 2.05) is 0 Å². The Bertz CT molecular complexity index is 264. The number of ether oxygens (including phenoxy) is 1. The maximum Gasteiger partial charge on any atom is 0.333 e. The van der Waals surface area contributed by atoms with Gasteiger partial charge in [-0.3, -0.25) is 0 Å². The lowest BCUT2D eigenvalue weighted by Crippen LogP contribution is -2.06. The number of hydrogen-bond donors (Lipinski definition) is 0. The molecule has 0 radical (unpaired) electrons. The first-order chi connectivity index (χ1) is 9.20. The predicted octanol–water partition coefficient (Wildman–Crippen LogP) is 5.03. The molecule has 0 saturated heterocycles. The lowest BCUT2D eigenvalue weighted by Gasteiger charge is -2.21. The quantitative estimate of drug-likeness (QED) is 0.332. The van der Waals surface area contributed by atoms with Crippen LogP contribution in [0.1, 0.15) is 77.6 Å². The fourth-order valence-corrected chi connectivity index (χ4v) is 2.83. The Kier molecular flexibility index (Phi) is 8.61. The van der Waals surface area contributed by atoms with Crippen molar-refractivity contribution in [3.63, 3.8) is 0 Å². The van der Waals surface area contributed by atoms with Crippen LogP contribution in [0.25, 0.3) is 0 Å². The van der Waals surface area contributed by atoms with Gasteiger partial charge in [-0.05, 0) is 19.3 Å². The van der Waals surface area contributed by atoms with E-state index in [4.69, 9.17) is 4.74 Å². The van der Waals surface area contributed by atoms with Crippen molar-refractivity contribution in [3.05, 3.63) is 12.2 Å². The van der Waals surface area contributed by atoms with Crippen LogP contribution in [0.4, 0.5) is 0 Å². The van der Waals surface area contributed by atoms with Crippen molar-refractivity contribution in [1.82, 2.24) is 0 Å². The molecule has 0 N–H and O–H groups in total. The molecule has 0 bridgehead atoms. The Hall–Kier alpha value is -0.790. The van der Waals surface area contributed by atoms with E-state index in [1.165, 1.54) is 64.2 Å². The number of carbonyl (C=O) groups excluding carboxylic acids is 1. The van der Waals surface area contributed by atoms with Crippen molar-refractivity contribution >= 4 is 5.97 Å². The van der Waals surface area contributed by atoms with Crippen LogP contribution in [0.2, 0.25) is 0 Å². The second kappa shape index (κ2) is 10.1. The molecule has 0 unspecified atom stereocenters. The van der Waals surface area contributed by atoms with Gasteiger partial charge in [-0.1, -0.05) is 70.8 Å². The molecule has 1 rings (SSSR count). The molecule has 19 heavy (non-hydrogen) atoms. The SMILES string of the molecule is C=C(C)C(=O)OCCCCCCCC1CCCCC1. The molecule has 1 fully saturated rings. The van der Waals surface area contributed by atoms with Gasteiger partial charge in [0, 0.05) is 5.57 Å². The Morgan fingerprint density at radius 1 is 1.05 bits per heavy atom. The van der Waals surface area contributed by atoms with E-state index >= 15 is 0 Å². The summed E-state index contributed by atoms with van der Waals surface area (Å²) in [5.74, 6) is 0.766. The lowest BCUT2D eigenvalue weighted by atomic mass is 9.85. The van der Waals surface area contributed by atoms with Crippen molar-refractivity contribution < 1.29 is 9.53 Å². The minimum absolute atomic E-state index is 0.253. The van der Waals surface area contributed by atoms with E-state index in [0.29, 0.717) is 12.2 Å². The predicted molar refractivity (Wildman–Crippen MR) is 80.1 cm³/mol. The smallest absolute Gasteiger partial charge is 0.333 e. The van der Waals surface area contributed by atoms with Crippen LogP contribution < -0.4 is 0 Å². The standard InChI is InChI=1S/C17H30O2/c1-15(2)17(18)19-14-10-5-3-4-7-11-16-12-8-6-9-13-16/h16H,1,3-14H2,2H3. The minimum Gasteiger partial charge on any atom is -0.462 e. The largest absolute Gasteiger partial charge is 0.462 e. The van der Waals surface area contributed by atoms with Crippen molar-refractivity contribution in [2.45, 2.75) is 77.6 Å². The molecule has 0 spiro atoms. The molecular formula is C17H30O2. The third-order valence-corrected chi connectivity index (χ3v) is 4.06. The van der Waals surface area contributed by atoms with Crippen molar-refractivity contribution in [2.24, 2.45) is 5.92 Å². The highest BCUT2D eigenvalue weighted by Gasteiger charge is 2.12. The van der Waals surface area contributed by atoms with Gasteiger partial charge in [0.25, 0.3) is 0 Å². The molecule has 0 heterocycles. The van der Waals surface area contributed by atoms with Gasteiger partial charge in [-0.2, -0.15) is 0 Å². The monoisotopic (exact) mass is 266 g/mol. The molecule has 2 nitrogen and oxygen atoms in total. The molecule has 0 aromatic carbocycles. The Balaban J connectivity index is 1.83. The Morgan fingerprint density at radius 2 is 1.68 bits per heavy atom. The zero-order valence-corrected chi connectivity index (χ0v) is 12.6. The summed E-state index contributed by atoms with van der Waals surface area (Å²) in [5.41, 5.74) is 0.493. The first kappa shape index (κ1) is 16.3. The summed E-state index contributed by atoms with van der Waals surface area (Å²) in [5, 5.41) is 0. The summed E-state index contributed by atoms with van der Waals surface area (Å²) in [4.78, 5) is 11.1. The third-order valence-electron chi connectivity index (χ3n) is 4.06. The summed E-state index contributed by atoms with van der Waals surface area (Å²) in [6, 6.07) is 0. The van der Waals surface area contributed by atoms with E-state index in [1.54, 1.807) is 6.92 Å². The Labute approximate surface area is 118 Å². The van der Waals surface area contributed by atoms with Crippen molar-refractivity contribution in [3.8, 4) is 0 Å². The normalized spacial score (nSPS) is 16.3. The molecule has 0 aromatic rings. The zero-order valence-electron chi connectivity index (χ0n) is 12.6. The fourth-order valence-electron chi connectivity index (χ4n) is 2.83. The van der Waals surface area contributed by atoms with Crippen LogP contribution in [0.15, 0.2) is 12.2 Å². The van der Waals surface area contributed by atoms with Gasteiger partial charge in [-0.25, -0.2) is 4.79 Å². The van der Waals surface area contributed by atoms with E-state index in [0.717, 1.165) is 12.3 Å². The van der Waals surface area contributed by atoms with Crippen LogP contribution >= 0.6 is 0 Å². The molecule has 110 valence electrons. The number of carbonyl (C=O) groups is 1. The molecule has 1 aliphatic carbocycles. The molecule has 2 heteroatoms. The second-order valence-electron chi connectivity index (χ2n) is 5.98. The van der Waals surface area contributed by atoms with E-state index in [9.17, 15) is 4.79 Å². The maximum absolute atomic E-state index is 11.1. The van der Waals surface area contributed by atoms with Crippen molar-refractivity contribution in [1.29, 1.82) is 0 Å². The van der Waals surface area contributed by atoms with Crippen LogP contribution in [0, 0.1) is 5.92 Å². The molecule has 1 saturated carbocycles. The van der Waals surface area contributed by atoms with E-state index in [-0.39, 0.29) is 5.97 Å². The topological polar surface area (TPSA) is 26.3 Å². The highest BCUT2D eigenvalue weighted by Crippen LogP contribution is 2.27. The minimum atomic E-state index is -0.253. The molecular weight excluding hydrogens is 236 g/mol. The number of unbranched alkanes of at least 4 members (excludes halogenated alkanes) is 4. The molecule has 1 aliphatic rings. The molecule has 0 atom stereocenters. The van der Waals surface area contributed by atoms with Gasteiger partial charge in [0.2, 0.25) is 0 Å². The van der Waals surface area contributed by atoms with E-state index in [2.05, 4.69) is 6.58 Å².